The number of hydrogen-bond acceptors (Lipinski definition) is 2. The standard InChI is InChI=1S/C16H15NO3/c1-10-6-7-11-4-2-3-5-13(11)15(10)17-9-12(16(19)20)8-14(17)18/h2-7,12H,8-9H2,1H3,(H,19,20)/t12-/m1/s1. The Labute approximate surface area is 116 Å². The van der Waals surface area contributed by atoms with E-state index in [4.69, 9.17) is 5.11 Å². The third-order valence-electron chi connectivity index (χ3n) is 3.85. The number of carbonyl (C=O) groups excluding carboxylic acids is 1. The predicted octanol–water partition coefficient (Wildman–Crippen LogP) is 2.59. The van der Waals surface area contributed by atoms with E-state index in [-0.39, 0.29) is 18.9 Å². The van der Waals surface area contributed by atoms with Crippen LogP contribution in [0.4, 0.5) is 5.69 Å². The molecule has 0 aromatic heterocycles. The summed E-state index contributed by atoms with van der Waals surface area (Å²) < 4.78 is 0. The van der Waals surface area contributed by atoms with E-state index < -0.39 is 11.9 Å². The number of hydrogen-bond donors (Lipinski definition) is 1. The Hall–Kier alpha value is -2.36. The fraction of sp³-hybridized carbons (Fsp3) is 0.250. The molecule has 1 atom stereocenters. The number of benzene rings is 2. The molecule has 1 heterocycles. The van der Waals surface area contributed by atoms with Gasteiger partial charge in [-0.25, -0.2) is 0 Å². The highest BCUT2D eigenvalue weighted by atomic mass is 16.4. The number of amides is 1. The Balaban J connectivity index is 2.13. The zero-order valence-corrected chi connectivity index (χ0v) is 11.2. The normalized spacial score (nSPS) is 18.8. The first-order chi connectivity index (χ1) is 9.58. The first-order valence-electron chi connectivity index (χ1n) is 6.59. The number of aliphatic carboxylic acids is 1. The van der Waals surface area contributed by atoms with Gasteiger partial charge in [-0.3, -0.25) is 9.59 Å². The summed E-state index contributed by atoms with van der Waals surface area (Å²) in [5.74, 6) is -1.63. The van der Waals surface area contributed by atoms with Crippen LogP contribution >= 0.6 is 0 Å². The maximum atomic E-state index is 12.1. The summed E-state index contributed by atoms with van der Waals surface area (Å²) in [4.78, 5) is 24.9. The molecule has 3 rings (SSSR count). The van der Waals surface area contributed by atoms with Gasteiger partial charge >= 0.3 is 5.97 Å². The van der Waals surface area contributed by atoms with E-state index >= 15 is 0 Å². The number of anilines is 1. The number of nitrogens with zero attached hydrogens (tertiary/aromatic N) is 1. The highest BCUT2D eigenvalue weighted by molar-refractivity contribution is 6.07. The van der Waals surface area contributed by atoms with Gasteiger partial charge < -0.3 is 10.0 Å². The molecule has 2 aromatic rings. The molecule has 1 aliphatic rings. The van der Waals surface area contributed by atoms with Crippen molar-refractivity contribution in [2.75, 3.05) is 11.4 Å². The average molecular weight is 269 g/mol. The van der Waals surface area contributed by atoms with Gasteiger partial charge in [0.25, 0.3) is 0 Å². The molecule has 4 nitrogen and oxygen atoms in total. The average Bonchev–Trinajstić information content (AvgIpc) is 2.81. The van der Waals surface area contributed by atoms with E-state index in [9.17, 15) is 9.59 Å². The van der Waals surface area contributed by atoms with Crippen LogP contribution in [0.5, 0.6) is 0 Å². The molecule has 1 saturated heterocycles. The lowest BCUT2D eigenvalue weighted by atomic mass is 10.0. The number of fused-ring (bicyclic) bond motifs is 1. The molecule has 102 valence electrons. The Kier molecular flexibility index (Phi) is 2.93. The first-order valence-corrected chi connectivity index (χ1v) is 6.59. The molecule has 1 amide bonds. The first kappa shape index (κ1) is 12.7. The van der Waals surface area contributed by atoms with Crippen molar-refractivity contribution >= 4 is 28.3 Å². The van der Waals surface area contributed by atoms with E-state index in [0.717, 1.165) is 22.0 Å². The van der Waals surface area contributed by atoms with Crippen LogP contribution in [0.2, 0.25) is 0 Å². The van der Waals surface area contributed by atoms with Crippen LogP contribution in [0.3, 0.4) is 0 Å². The molecule has 0 spiro atoms. The summed E-state index contributed by atoms with van der Waals surface area (Å²) in [5.41, 5.74) is 1.83. The number of aryl methyl sites for hydroxylation is 1. The van der Waals surface area contributed by atoms with Crippen molar-refractivity contribution < 1.29 is 14.7 Å². The van der Waals surface area contributed by atoms with E-state index in [1.807, 2.05) is 43.3 Å². The van der Waals surface area contributed by atoms with Gasteiger partial charge in [0, 0.05) is 18.4 Å². The fourth-order valence-electron chi connectivity index (χ4n) is 2.81. The minimum absolute atomic E-state index is 0.0813. The number of rotatable bonds is 2. The zero-order valence-electron chi connectivity index (χ0n) is 11.2. The lowest BCUT2D eigenvalue weighted by molar-refractivity contribution is -0.141. The summed E-state index contributed by atoms with van der Waals surface area (Å²) in [7, 11) is 0. The summed E-state index contributed by atoms with van der Waals surface area (Å²) in [5, 5.41) is 11.1. The predicted molar refractivity (Wildman–Crippen MR) is 76.8 cm³/mol. The molecule has 0 unspecified atom stereocenters. The fourth-order valence-corrected chi connectivity index (χ4v) is 2.81. The van der Waals surface area contributed by atoms with E-state index in [1.54, 1.807) is 4.90 Å². The van der Waals surface area contributed by atoms with Crippen LogP contribution in [0.25, 0.3) is 10.8 Å². The smallest absolute Gasteiger partial charge is 0.308 e. The van der Waals surface area contributed by atoms with Gasteiger partial charge in [0.15, 0.2) is 0 Å². The monoisotopic (exact) mass is 269 g/mol. The van der Waals surface area contributed by atoms with Gasteiger partial charge in [0.1, 0.15) is 0 Å². The van der Waals surface area contributed by atoms with E-state index in [1.165, 1.54) is 0 Å². The van der Waals surface area contributed by atoms with E-state index in [2.05, 4.69) is 0 Å². The Morgan fingerprint density at radius 3 is 2.70 bits per heavy atom. The number of carboxylic acid groups (broad SMARTS) is 1. The third-order valence-corrected chi connectivity index (χ3v) is 3.85. The minimum atomic E-state index is -0.904. The molecule has 1 fully saturated rings. The molecule has 1 N–H and O–H groups in total. The Morgan fingerprint density at radius 2 is 2.00 bits per heavy atom. The zero-order chi connectivity index (χ0) is 14.3. The van der Waals surface area contributed by atoms with Crippen LogP contribution in [0, 0.1) is 12.8 Å². The quantitative estimate of drug-likeness (QED) is 0.911. The lowest BCUT2D eigenvalue weighted by Gasteiger charge is -2.21. The number of carbonyl (C=O) groups is 2. The molecule has 0 aliphatic carbocycles. The summed E-state index contributed by atoms with van der Waals surface area (Å²) in [6.07, 6.45) is 0.0813. The van der Waals surface area contributed by atoms with Crippen molar-refractivity contribution in [3.8, 4) is 0 Å². The maximum Gasteiger partial charge on any atom is 0.308 e. The Bertz CT molecular complexity index is 708. The van der Waals surface area contributed by atoms with Crippen LogP contribution in [0.15, 0.2) is 36.4 Å². The highest BCUT2D eigenvalue weighted by Gasteiger charge is 2.36. The SMILES string of the molecule is Cc1ccc2ccccc2c1N1C[C@H](C(=O)O)CC1=O. The Morgan fingerprint density at radius 1 is 1.25 bits per heavy atom. The molecular weight excluding hydrogens is 254 g/mol. The number of carboxylic acids is 1. The summed E-state index contributed by atoms with van der Waals surface area (Å²) in [6, 6.07) is 11.8. The van der Waals surface area contributed by atoms with Crippen molar-refractivity contribution in [1.82, 2.24) is 0 Å². The van der Waals surface area contributed by atoms with Gasteiger partial charge in [-0.1, -0.05) is 36.4 Å². The summed E-state index contributed by atoms with van der Waals surface area (Å²) >= 11 is 0. The molecule has 0 bridgehead atoms. The van der Waals surface area contributed by atoms with Gasteiger partial charge in [-0.2, -0.15) is 0 Å². The molecule has 1 aliphatic heterocycles. The topological polar surface area (TPSA) is 57.6 Å². The maximum absolute atomic E-state index is 12.1. The molecular formula is C16H15NO3. The molecule has 4 heteroatoms. The highest BCUT2D eigenvalue weighted by Crippen LogP contribution is 2.34. The molecule has 0 radical (unpaired) electrons. The van der Waals surface area contributed by atoms with Crippen LogP contribution in [-0.2, 0) is 9.59 Å². The lowest BCUT2D eigenvalue weighted by Crippen LogP contribution is -2.26. The van der Waals surface area contributed by atoms with Crippen LogP contribution in [0.1, 0.15) is 12.0 Å². The van der Waals surface area contributed by atoms with E-state index in [0.29, 0.717) is 0 Å². The van der Waals surface area contributed by atoms with Gasteiger partial charge in [-0.15, -0.1) is 0 Å². The van der Waals surface area contributed by atoms with Crippen LogP contribution in [-0.4, -0.2) is 23.5 Å². The second-order valence-electron chi connectivity index (χ2n) is 5.20. The van der Waals surface area contributed by atoms with Crippen molar-refractivity contribution in [2.45, 2.75) is 13.3 Å². The largest absolute Gasteiger partial charge is 0.481 e. The van der Waals surface area contributed by atoms with Crippen molar-refractivity contribution in [2.24, 2.45) is 5.92 Å². The van der Waals surface area contributed by atoms with Crippen LogP contribution < -0.4 is 4.90 Å². The van der Waals surface area contributed by atoms with Crippen molar-refractivity contribution in [1.29, 1.82) is 0 Å². The minimum Gasteiger partial charge on any atom is -0.481 e. The summed E-state index contributed by atoms with van der Waals surface area (Å²) in [6.45, 7) is 2.20. The van der Waals surface area contributed by atoms with Gasteiger partial charge in [0.05, 0.1) is 11.6 Å². The van der Waals surface area contributed by atoms with Crippen molar-refractivity contribution in [3.63, 3.8) is 0 Å². The van der Waals surface area contributed by atoms with Crippen molar-refractivity contribution in [3.05, 3.63) is 42.0 Å². The molecule has 2 aromatic carbocycles. The second-order valence-corrected chi connectivity index (χ2v) is 5.20. The molecule has 0 saturated carbocycles. The third kappa shape index (κ3) is 1.93. The second kappa shape index (κ2) is 4.63. The molecule has 20 heavy (non-hydrogen) atoms. The van der Waals surface area contributed by atoms with Gasteiger partial charge in [-0.05, 0) is 17.9 Å². The van der Waals surface area contributed by atoms with Gasteiger partial charge in [0.2, 0.25) is 5.91 Å².